The standard InChI is InChI=1S/C22H21FN6O3S/c1-12(17-9-28(11-24-17)15-5-3-14(23)4-6-15)25-21-26-16-7-8-33-19(16)20(27-21)29-18(13(2)30)10-32-22(29)31/h3-9,11-13,18,30H,10H2,1-2H3,(H,25,26,27)/t12-,13+,18+/m1/s1. The first-order valence-electron chi connectivity index (χ1n) is 10.4. The molecule has 2 N–H and O–H groups in total. The highest BCUT2D eigenvalue weighted by atomic mass is 32.1. The molecule has 1 fully saturated rings. The first-order valence-corrected chi connectivity index (χ1v) is 11.2. The quantitative estimate of drug-likeness (QED) is 0.442. The summed E-state index contributed by atoms with van der Waals surface area (Å²) in [6.45, 7) is 3.62. The number of carbonyl (C=O) groups is 1. The number of fused-ring (bicyclic) bond motifs is 1. The molecule has 4 heterocycles. The molecule has 11 heteroatoms. The van der Waals surface area contributed by atoms with Crippen LogP contribution >= 0.6 is 11.3 Å². The number of amides is 1. The summed E-state index contributed by atoms with van der Waals surface area (Å²) in [4.78, 5) is 27.5. The number of hydrogen-bond donors (Lipinski definition) is 2. The van der Waals surface area contributed by atoms with Crippen LogP contribution in [0.2, 0.25) is 0 Å². The minimum atomic E-state index is -0.785. The fourth-order valence-electron chi connectivity index (χ4n) is 3.69. The van der Waals surface area contributed by atoms with Crippen LogP contribution in [0.15, 0.2) is 48.2 Å². The molecular formula is C22H21FN6O3S. The molecule has 5 rings (SSSR count). The summed E-state index contributed by atoms with van der Waals surface area (Å²) in [5.74, 6) is 0.421. The third kappa shape index (κ3) is 4.00. The summed E-state index contributed by atoms with van der Waals surface area (Å²) in [7, 11) is 0. The van der Waals surface area contributed by atoms with E-state index >= 15 is 0 Å². The van der Waals surface area contributed by atoms with E-state index in [2.05, 4.69) is 20.3 Å². The Balaban J connectivity index is 1.44. The van der Waals surface area contributed by atoms with Crippen LogP contribution in [-0.2, 0) is 4.74 Å². The third-order valence-corrected chi connectivity index (χ3v) is 6.39. The molecule has 9 nitrogen and oxygen atoms in total. The Morgan fingerprint density at radius 1 is 1.24 bits per heavy atom. The molecule has 3 aromatic heterocycles. The van der Waals surface area contributed by atoms with Gasteiger partial charge < -0.3 is 19.7 Å². The molecule has 0 saturated carbocycles. The van der Waals surface area contributed by atoms with E-state index in [9.17, 15) is 14.3 Å². The van der Waals surface area contributed by atoms with E-state index in [1.807, 2.05) is 24.6 Å². The van der Waals surface area contributed by atoms with Gasteiger partial charge in [-0.05, 0) is 49.6 Å². The topological polar surface area (TPSA) is 105 Å². The predicted molar refractivity (Wildman–Crippen MR) is 122 cm³/mol. The lowest BCUT2D eigenvalue weighted by Crippen LogP contribution is -2.41. The highest BCUT2D eigenvalue weighted by molar-refractivity contribution is 7.17. The number of halogens is 1. The predicted octanol–water partition coefficient (Wildman–Crippen LogP) is 3.90. The Kier molecular flexibility index (Phi) is 5.43. The van der Waals surface area contributed by atoms with Gasteiger partial charge in [0, 0.05) is 11.9 Å². The van der Waals surface area contributed by atoms with Crippen molar-refractivity contribution in [3.63, 3.8) is 0 Å². The average Bonchev–Trinajstić information content (AvgIpc) is 3.53. The maximum Gasteiger partial charge on any atom is 0.416 e. The van der Waals surface area contributed by atoms with Gasteiger partial charge in [-0.2, -0.15) is 4.98 Å². The van der Waals surface area contributed by atoms with Crippen molar-refractivity contribution in [3.8, 4) is 5.69 Å². The van der Waals surface area contributed by atoms with Gasteiger partial charge >= 0.3 is 6.09 Å². The fraction of sp³-hybridized carbons (Fsp3) is 0.273. The molecule has 1 saturated heterocycles. The van der Waals surface area contributed by atoms with Gasteiger partial charge in [0.2, 0.25) is 5.95 Å². The molecule has 33 heavy (non-hydrogen) atoms. The maximum absolute atomic E-state index is 13.2. The van der Waals surface area contributed by atoms with Crippen molar-refractivity contribution in [2.45, 2.75) is 32.0 Å². The van der Waals surface area contributed by atoms with Crippen molar-refractivity contribution in [1.29, 1.82) is 0 Å². The number of aliphatic hydroxyl groups is 1. The summed E-state index contributed by atoms with van der Waals surface area (Å²) >= 11 is 1.42. The summed E-state index contributed by atoms with van der Waals surface area (Å²) < 4.78 is 20.9. The van der Waals surface area contributed by atoms with E-state index in [0.29, 0.717) is 17.3 Å². The van der Waals surface area contributed by atoms with E-state index in [0.717, 1.165) is 16.1 Å². The Morgan fingerprint density at radius 2 is 2.03 bits per heavy atom. The van der Waals surface area contributed by atoms with Crippen molar-refractivity contribution in [1.82, 2.24) is 19.5 Å². The number of nitrogens with one attached hydrogen (secondary N) is 1. The Morgan fingerprint density at radius 3 is 2.79 bits per heavy atom. The first-order chi connectivity index (χ1) is 15.9. The van der Waals surface area contributed by atoms with Crippen LogP contribution in [0.5, 0.6) is 0 Å². The number of aromatic nitrogens is 4. The lowest BCUT2D eigenvalue weighted by Gasteiger charge is -2.23. The third-order valence-electron chi connectivity index (χ3n) is 5.49. The zero-order valence-electron chi connectivity index (χ0n) is 17.8. The van der Waals surface area contributed by atoms with Crippen LogP contribution in [0.25, 0.3) is 15.9 Å². The molecule has 0 aliphatic carbocycles. The molecule has 0 unspecified atom stereocenters. The molecule has 0 spiro atoms. The highest BCUT2D eigenvalue weighted by Gasteiger charge is 2.39. The lowest BCUT2D eigenvalue weighted by molar-refractivity contribution is 0.142. The van der Waals surface area contributed by atoms with Crippen LogP contribution in [0.3, 0.4) is 0 Å². The van der Waals surface area contributed by atoms with E-state index in [4.69, 9.17) is 4.74 Å². The number of thiophene rings is 1. The number of benzene rings is 1. The minimum Gasteiger partial charge on any atom is -0.447 e. The zero-order valence-corrected chi connectivity index (χ0v) is 18.7. The number of carbonyl (C=O) groups excluding carboxylic acids is 1. The smallest absolute Gasteiger partial charge is 0.416 e. The number of nitrogens with zero attached hydrogens (tertiary/aromatic N) is 5. The van der Waals surface area contributed by atoms with E-state index in [-0.39, 0.29) is 18.5 Å². The van der Waals surface area contributed by atoms with Crippen LogP contribution in [0.4, 0.5) is 21.0 Å². The number of aliphatic hydroxyl groups excluding tert-OH is 1. The van der Waals surface area contributed by atoms with E-state index in [1.54, 1.807) is 30.0 Å². The normalized spacial score (nSPS) is 17.9. The van der Waals surface area contributed by atoms with Gasteiger partial charge in [0.05, 0.1) is 34.4 Å². The van der Waals surface area contributed by atoms with Crippen molar-refractivity contribution in [3.05, 3.63) is 59.7 Å². The first kappa shape index (κ1) is 21.3. The van der Waals surface area contributed by atoms with E-state index in [1.165, 1.54) is 28.4 Å². The van der Waals surface area contributed by atoms with Gasteiger partial charge in [-0.15, -0.1) is 11.3 Å². The van der Waals surface area contributed by atoms with Gasteiger partial charge in [0.25, 0.3) is 0 Å². The molecule has 1 aliphatic rings. The molecule has 1 aliphatic heterocycles. The average molecular weight is 469 g/mol. The number of rotatable bonds is 6. The van der Waals surface area contributed by atoms with Crippen molar-refractivity contribution in [2.75, 3.05) is 16.8 Å². The van der Waals surface area contributed by atoms with Crippen molar-refractivity contribution >= 4 is 39.4 Å². The second-order valence-electron chi connectivity index (χ2n) is 7.81. The lowest BCUT2D eigenvalue weighted by atomic mass is 10.2. The highest BCUT2D eigenvalue weighted by Crippen LogP contribution is 2.34. The number of hydrogen-bond acceptors (Lipinski definition) is 8. The molecule has 1 aromatic carbocycles. The Bertz CT molecular complexity index is 1310. The maximum atomic E-state index is 13.2. The van der Waals surface area contributed by atoms with Gasteiger partial charge in [-0.25, -0.2) is 19.2 Å². The van der Waals surface area contributed by atoms with Crippen LogP contribution in [-0.4, -0.2) is 49.5 Å². The molecule has 4 aromatic rings. The van der Waals surface area contributed by atoms with Gasteiger partial charge in [-0.1, -0.05) is 0 Å². The number of imidazole rings is 1. The molecular weight excluding hydrogens is 447 g/mol. The summed E-state index contributed by atoms with van der Waals surface area (Å²) in [5.41, 5.74) is 2.20. The van der Waals surface area contributed by atoms with Crippen molar-refractivity contribution in [2.24, 2.45) is 0 Å². The molecule has 170 valence electrons. The van der Waals surface area contributed by atoms with Gasteiger partial charge in [-0.3, -0.25) is 4.90 Å². The molecule has 3 atom stereocenters. The second kappa shape index (κ2) is 8.41. The van der Waals surface area contributed by atoms with Gasteiger partial charge in [0.1, 0.15) is 18.5 Å². The Labute approximate surface area is 192 Å². The number of cyclic esters (lactones) is 1. The second-order valence-corrected chi connectivity index (χ2v) is 8.73. The summed E-state index contributed by atoms with van der Waals surface area (Å²) in [6, 6.07) is 7.20. The fourth-order valence-corrected chi connectivity index (χ4v) is 4.51. The van der Waals surface area contributed by atoms with E-state index < -0.39 is 18.2 Å². The largest absolute Gasteiger partial charge is 0.447 e. The number of anilines is 2. The number of ether oxygens (including phenoxy) is 1. The molecule has 0 radical (unpaired) electrons. The van der Waals surface area contributed by atoms with Gasteiger partial charge in [0.15, 0.2) is 5.82 Å². The zero-order chi connectivity index (χ0) is 23.1. The summed E-state index contributed by atoms with van der Waals surface area (Å²) in [6.07, 6.45) is 2.16. The van der Waals surface area contributed by atoms with Crippen LogP contribution < -0.4 is 10.2 Å². The van der Waals surface area contributed by atoms with Crippen LogP contribution in [0.1, 0.15) is 25.6 Å². The van der Waals surface area contributed by atoms with Crippen LogP contribution in [0, 0.1) is 5.82 Å². The molecule has 1 amide bonds. The SMILES string of the molecule is C[C@H](O)[C@@H]1COC(=O)N1c1nc(N[C@H](C)c2cn(-c3ccc(F)cc3)cn2)nc2ccsc12. The minimum absolute atomic E-state index is 0.0906. The van der Waals surface area contributed by atoms with Crippen molar-refractivity contribution < 1.29 is 19.0 Å². The monoisotopic (exact) mass is 468 g/mol. The molecule has 0 bridgehead atoms. The summed E-state index contributed by atoms with van der Waals surface area (Å²) in [5, 5.41) is 15.3. The Hall–Kier alpha value is -3.57.